The summed E-state index contributed by atoms with van der Waals surface area (Å²) in [5, 5.41) is 9.34. The first-order valence-electron chi connectivity index (χ1n) is 4.41. The molecular formula is C9H7F4NO4. The van der Waals surface area contributed by atoms with Gasteiger partial charge < -0.3 is 14.6 Å². The number of carbonyl (C=O) groups excluding carboxylic acids is 1. The summed E-state index contributed by atoms with van der Waals surface area (Å²) in [5.41, 5.74) is -1.44. The Bertz CT molecular complexity index is 461. The molecule has 1 aromatic heterocycles. The summed E-state index contributed by atoms with van der Waals surface area (Å²) in [6, 6.07) is 0. The Labute approximate surface area is 98.0 Å². The van der Waals surface area contributed by atoms with E-state index in [-0.39, 0.29) is 0 Å². The van der Waals surface area contributed by atoms with Gasteiger partial charge in [-0.3, -0.25) is 4.98 Å². The maximum absolute atomic E-state index is 12.3. The summed E-state index contributed by atoms with van der Waals surface area (Å²) < 4.78 is 56.3. The number of alkyl halides is 4. The van der Waals surface area contributed by atoms with Crippen molar-refractivity contribution in [1.82, 2.24) is 4.98 Å². The number of rotatable bonds is 3. The molecule has 0 fully saturated rings. The fourth-order valence-corrected chi connectivity index (χ4v) is 1.09. The van der Waals surface area contributed by atoms with Crippen molar-refractivity contribution in [2.45, 2.75) is 13.0 Å². The Morgan fingerprint density at radius 3 is 2.56 bits per heavy atom. The van der Waals surface area contributed by atoms with E-state index in [1.807, 2.05) is 0 Å². The fourth-order valence-electron chi connectivity index (χ4n) is 1.09. The van der Waals surface area contributed by atoms with E-state index in [4.69, 9.17) is 0 Å². The van der Waals surface area contributed by atoms with E-state index in [1.165, 1.54) is 0 Å². The molecule has 18 heavy (non-hydrogen) atoms. The van der Waals surface area contributed by atoms with E-state index in [9.17, 15) is 27.5 Å². The van der Waals surface area contributed by atoms with Gasteiger partial charge in [0.1, 0.15) is 17.9 Å². The zero-order chi connectivity index (χ0) is 13.9. The summed E-state index contributed by atoms with van der Waals surface area (Å²) in [4.78, 5) is 14.4. The number of aromatic hydroxyl groups is 1. The van der Waals surface area contributed by atoms with Crippen molar-refractivity contribution in [3.63, 3.8) is 0 Å². The van der Waals surface area contributed by atoms with Gasteiger partial charge >= 0.3 is 12.3 Å². The highest BCUT2D eigenvalue weighted by Crippen LogP contribution is 2.37. The van der Waals surface area contributed by atoms with E-state index in [2.05, 4.69) is 14.5 Å². The molecule has 9 heteroatoms. The first kappa shape index (κ1) is 14.0. The van der Waals surface area contributed by atoms with E-state index in [1.54, 1.807) is 0 Å². The van der Waals surface area contributed by atoms with Crippen LogP contribution in [-0.2, 0) is 11.4 Å². The average Bonchev–Trinajstić information content (AvgIpc) is 2.29. The summed E-state index contributed by atoms with van der Waals surface area (Å²) >= 11 is 0. The molecule has 0 amide bonds. The van der Waals surface area contributed by atoms with Gasteiger partial charge in [0, 0.05) is 6.20 Å². The summed E-state index contributed by atoms with van der Waals surface area (Å²) in [6.07, 6.45) is -4.53. The molecule has 0 aromatic carbocycles. The number of ether oxygens (including phenoxy) is 2. The Kier molecular flexibility index (Phi) is 3.94. The topological polar surface area (TPSA) is 68.7 Å². The van der Waals surface area contributed by atoms with Crippen LogP contribution >= 0.6 is 0 Å². The smallest absolute Gasteiger partial charge is 0.503 e. The van der Waals surface area contributed by atoms with Crippen molar-refractivity contribution in [3.8, 4) is 11.5 Å². The normalized spacial score (nSPS) is 11.2. The highest BCUT2D eigenvalue weighted by molar-refractivity contribution is 5.93. The molecule has 0 bridgehead atoms. The van der Waals surface area contributed by atoms with Gasteiger partial charge in [-0.15, -0.1) is 13.2 Å². The standard InChI is InChI=1S/C9H7F4NO4/c1-17-8(16)4-3-14-5(2-10)6(15)7(4)18-9(11,12)13/h3,15H,2H2,1H3. The predicted octanol–water partition coefficient (Wildman–Crippen LogP) is 1.94. The van der Waals surface area contributed by atoms with Crippen LogP contribution in [0.15, 0.2) is 6.20 Å². The second-order valence-electron chi connectivity index (χ2n) is 2.97. The van der Waals surface area contributed by atoms with E-state index in [0.29, 0.717) is 6.20 Å². The quantitative estimate of drug-likeness (QED) is 0.670. The second kappa shape index (κ2) is 5.07. The lowest BCUT2D eigenvalue weighted by molar-refractivity contribution is -0.275. The molecule has 100 valence electrons. The molecule has 0 saturated carbocycles. The zero-order valence-corrected chi connectivity index (χ0v) is 8.92. The molecule has 0 radical (unpaired) electrons. The maximum Gasteiger partial charge on any atom is 0.573 e. The lowest BCUT2D eigenvalue weighted by atomic mass is 10.2. The molecule has 0 atom stereocenters. The minimum Gasteiger partial charge on any atom is -0.503 e. The molecule has 0 aliphatic rings. The number of nitrogens with zero attached hydrogens (tertiary/aromatic N) is 1. The van der Waals surface area contributed by atoms with Crippen molar-refractivity contribution in [1.29, 1.82) is 0 Å². The van der Waals surface area contributed by atoms with Crippen LogP contribution in [0.3, 0.4) is 0 Å². The summed E-state index contributed by atoms with van der Waals surface area (Å²) in [7, 11) is 0.916. The third-order valence-corrected chi connectivity index (χ3v) is 1.83. The number of carbonyl (C=O) groups is 1. The first-order valence-corrected chi connectivity index (χ1v) is 4.41. The van der Waals surface area contributed by atoms with Gasteiger partial charge in [0.2, 0.25) is 0 Å². The van der Waals surface area contributed by atoms with Crippen LogP contribution in [0.1, 0.15) is 16.1 Å². The molecule has 0 aliphatic heterocycles. The van der Waals surface area contributed by atoms with Gasteiger partial charge in [0.25, 0.3) is 0 Å². The molecule has 1 rings (SSSR count). The third kappa shape index (κ3) is 2.99. The van der Waals surface area contributed by atoms with Gasteiger partial charge in [-0.25, -0.2) is 9.18 Å². The van der Waals surface area contributed by atoms with Crippen LogP contribution in [0.2, 0.25) is 0 Å². The van der Waals surface area contributed by atoms with Gasteiger partial charge in [-0.05, 0) is 0 Å². The first-order chi connectivity index (χ1) is 8.30. The Morgan fingerprint density at radius 2 is 2.11 bits per heavy atom. The number of hydrogen-bond donors (Lipinski definition) is 1. The third-order valence-electron chi connectivity index (χ3n) is 1.83. The number of aromatic nitrogens is 1. The number of halogens is 4. The SMILES string of the molecule is COC(=O)c1cnc(CF)c(O)c1OC(F)(F)F. The number of pyridine rings is 1. The molecule has 0 aliphatic carbocycles. The monoisotopic (exact) mass is 269 g/mol. The van der Waals surface area contributed by atoms with E-state index >= 15 is 0 Å². The molecule has 5 nitrogen and oxygen atoms in total. The van der Waals surface area contributed by atoms with Gasteiger partial charge in [0.15, 0.2) is 11.5 Å². The van der Waals surface area contributed by atoms with Gasteiger partial charge in [0.05, 0.1) is 7.11 Å². The lowest BCUT2D eigenvalue weighted by Gasteiger charge is -2.14. The molecular weight excluding hydrogens is 262 g/mol. The van der Waals surface area contributed by atoms with Crippen molar-refractivity contribution in [3.05, 3.63) is 17.5 Å². The average molecular weight is 269 g/mol. The summed E-state index contributed by atoms with van der Waals surface area (Å²) in [6.45, 7) is -1.32. The molecule has 1 heterocycles. The number of methoxy groups -OCH3 is 1. The van der Waals surface area contributed by atoms with Gasteiger partial charge in [-0.2, -0.15) is 0 Å². The minimum absolute atomic E-state index is 0.627. The van der Waals surface area contributed by atoms with E-state index < -0.39 is 41.8 Å². The van der Waals surface area contributed by atoms with Gasteiger partial charge in [-0.1, -0.05) is 0 Å². The number of hydrogen-bond acceptors (Lipinski definition) is 5. The van der Waals surface area contributed by atoms with Crippen LogP contribution in [-0.4, -0.2) is 29.5 Å². The molecule has 0 saturated heterocycles. The Hall–Kier alpha value is -2.06. The van der Waals surface area contributed by atoms with Crippen LogP contribution < -0.4 is 4.74 Å². The fraction of sp³-hybridized carbons (Fsp3) is 0.333. The van der Waals surface area contributed by atoms with Crippen LogP contribution in [0.5, 0.6) is 11.5 Å². The Balaban J connectivity index is 3.35. The van der Waals surface area contributed by atoms with Crippen LogP contribution in [0.25, 0.3) is 0 Å². The van der Waals surface area contributed by atoms with Crippen molar-refractivity contribution in [2.75, 3.05) is 7.11 Å². The predicted molar refractivity (Wildman–Crippen MR) is 48.7 cm³/mol. The van der Waals surface area contributed by atoms with Crippen LogP contribution in [0.4, 0.5) is 17.6 Å². The highest BCUT2D eigenvalue weighted by atomic mass is 19.4. The molecule has 0 unspecified atom stereocenters. The number of esters is 1. The minimum atomic E-state index is -5.16. The summed E-state index contributed by atoms with van der Waals surface area (Å²) in [5.74, 6) is -3.64. The van der Waals surface area contributed by atoms with Crippen molar-refractivity contribution in [2.24, 2.45) is 0 Å². The second-order valence-corrected chi connectivity index (χ2v) is 2.97. The molecule has 0 spiro atoms. The van der Waals surface area contributed by atoms with Crippen LogP contribution in [0, 0.1) is 0 Å². The highest BCUT2D eigenvalue weighted by Gasteiger charge is 2.35. The van der Waals surface area contributed by atoms with E-state index in [0.717, 1.165) is 7.11 Å². The molecule has 1 N–H and O–H groups in total. The largest absolute Gasteiger partial charge is 0.573 e. The maximum atomic E-state index is 12.3. The molecule has 1 aromatic rings. The van der Waals surface area contributed by atoms with Crippen molar-refractivity contribution < 1.29 is 36.9 Å². The zero-order valence-electron chi connectivity index (χ0n) is 8.92. The lowest BCUT2D eigenvalue weighted by Crippen LogP contribution is -2.20. The van der Waals surface area contributed by atoms with Crippen molar-refractivity contribution >= 4 is 5.97 Å². The Morgan fingerprint density at radius 1 is 1.50 bits per heavy atom.